The minimum atomic E-state index is -0.0527. The lowest BCUT2D eigenvalue weighted by Gasteiger charge is -2.21. The van der Waals surface area contributed by atoms with Crippen LogP contribution in [0.1, 0.15) is 47.9 Å². The van der Waals surface area contributed by atoms with Crippen molar-refractivity contribution in [2.24, 2.45) is 0 Å². The van der Waals surface area contributed by atoms with Gasteiger partial charge in [0.15, 0.2) is 0 Å². The number of aromatic hydroxyl groups is 1. The van der Waals surface area contributed by atoms with Gasteiger partial charge in [0.25, 0.3) is 5.91 Å². The molecule has 0 bridgehead atoms. The molecule has 6 heteroatoms. The van der Waals surface area contributed by atoms with Crippen LogP contribution in [0, 0.1) is 0 Å². The van der Waals surface area contributed by atoms with E-state index in [0.717, 1.165) is 17.8 Å². The van der Waals surface area contributed by atoms with E-state index >= 15 is 0 Å². The maximum atomic E-state index is 13.0. The third-order valence-electron chi connectivity index (χ3n) is 4.73. The number of aromatic nitrogens is 2. The van der Waals surface area contributed by atoms with Gasteiger partial charge in [-0.1, -0.05) is 26.0 Å². The summed E-state index contributed by atoms with van der Waals surface area (Å²) in [6.45, 7) is 6.03. The van der Waals surface area contributed by atoms with Crippen molar-refractivity contribution in [3.05, 3.63) is 47.4 Å². The molecule has 132 valence electrons. The quantitative estimate of drug-likeness (QED) is 0.927. The Hall–Kier alpha value is -2.63. The molecule has 2 aromatic rings. The fraction of sp³-hybridized carbons (Fsp3) is 0.421. The molecule has 1 aromatic heterocycles. The summed E-state index contributed by atoms with van der Waals surface area (Å²) in [7, 11) is 1.96. The van der Waals surface area contributed by atoms with Crippen molar-refractivity contribution in [2.45, 2.75) is 32.7 Å². The van der Waals surface area contributed by atoms with Crippen LogP contribution >= 0.6 is 0 Å². The number of anilines is 1. The molecule has 0 spiro atoms. The van der Waals surface area contributed by atoms with E-state index in [1.54, 1.807) is 23.2 Å². The van der Waals surface area contributed by atoms with Crippen molar-refractivity contribution < 1.29 is 9.90 Å². The molecule has 2 heterocycles. The number of carbonyl (C=O) groups is 1. The van der Waals surface area contributed by atoms with E-state index in [1.807, 2.05) is 24.1 Å². The van der Waals surface area contributed by atoms with E-state index in [9.17, 15) is 9.90 Å². The van der Waals surface area contributed by atoms with E-state index < -0.39 is 0 Å². The van der Waals surface area contributed by atoms with Gasteiger partial charge in [0, 0.05) is 38.8 Å². The monoisotopic (exact) mass is 340 g/mol. The van der Waals surface area contributed by atoms with Crippen molar-refractivity contribution >= 4 is 11.7 Å². The van der Waals surface area contributed by atoms with Gasteiger partial charge < -0.3 is 14.9 Å². The summed E-state index contributed by atoms with van der Waals surface area (Å²) in [6.07, 6.45) is 2.63. The Kier molecular flexibility index (Phi) is 4.88. The standard InChI is InChI=1S/C19H24N4O2/c1-4-13(2)17-20-11-16-18(21-17)22(3)9-10-23(19(16)25)12-14-5-7-15(24)8-6-14/h5-8,11,13,24H,4,9-10,12H2,1-3H3. The molecular formula is C19H24N4O2. The maximum Gasteiger partial charge on any atom is 0.259 e. The minimum Gasteiger partial charge on any atom is -0.508 e. The van der Waals surface area contributed by atoms with Crippen LogP contribution in [0.15, 0.2) is 30.5 Å². The Balaban J connectivity index is 1.89. The molecule has 1 aliphatic rings. The van der Waals surface area contributed by atoms with E-state index in [1.165, 1.54) is 0 Å². The zero-order valence-electron chi connectivity index (χ0n) is 14.9. The number of rotatable bonds is 4. The van der Waals surface area contributed by atoms with Gasteiger partial charge in [0.2, 0.25) is 0 Å². The Labute approximate surface area is 148 Å². The second kappa shape index (κ2) is 7.09. The van der Waals surface area contributed by atoms with Gasteiger partial charge in [0.05, 0.1) is 0 Å². The molecule has 1 atom stereocenters. The number of likely N-dealkylation sites (N-methyl/N-ethyl adjacent to an activating group) is 1. The van der Waals surface area contributed by atoms with Crippen LogP contribution in [-0.4, -0.2) is 46.0 Å². The summed E-state index contributed by atoms with van der Waals surface area (Å²) in [5, 5.41) is 9.41. The lowest BCUT2D eigenvalue weighted by atomic mass is 10.1. The normalized spacial score (nSPS) is 15.7. The zero-order chi connectivity index (χ0) is 18.0. The summed E-state index contributed by atoms with van der Waals surface area (Å²) in [6, 6.07) is 6.94. The van der Waals surface area contributed by atoms with Crippen LogP contribution in [0.2, 0.25) is 0 Å². The number of fused-ring (bicyclic) bond motifs is 1. The van der Waals surface area contributed by atoms with Gasteiger partial charge in [-0.3, -0.25) is 4.79 Å². The molecule has 6 nitrogen and oxygen atoms in total. The predicted octanol–water partition coefficient (Wildman–Crippen LogP) is 2.79. The van der Waals surface area contributed by atoms with Crippen LogP contribution in [0.3, 0.4) is 0 Å². The number of amides is 1. The average Bonchev–Trinajstić information content (AvgIpc) is 2.74. The first-order valence-electron chi connectivity index (χ1n) is 8.64. The van der Waals surface area contributed by atoms with Gasteiger partial charge in [0.1, 0.15) is 23.0 Å². The zero-order valence-corrected chi connectivity index (χ0v) is 14.9. The number of hydrogen-bond donors (Lipinski definition) is 1. The second-order valence-electron chi connectivity index (χ2n) is 6.59. The molecule has 0 radical (unpaired) electrons. The molecular weight excluding hydrogens is 316 g/mol. The molecule has 0 saturated carbocycles. The number of hydrogen-bond acceptors (Lipinski definition) is 5. The molecule has 25 heavy (non-hydrogen) atoms. The van der Waals surface area contributed by atoms with E-state index in [0.29, 0.717) is 31.0 Å². The molecule has 0 aliphatic carbocycles. The molecule has 1 amide bonds. The molecule has 1 N–H and O–H groups in total. The van der Waals surface area contributed by atoms with Crippen LogP contribution in [0.5, 0.6) is 5.75 Å². The van der Waals surface area contributed by atoms with Crippen molar-refractivity contribution in [3.63, 3.8) is 0 Å². The number of benzene rings is 1. The highest BCUT2D eigenvalue weighted by Crippen LogP contribution is 2.25. The first-order valence-corrected chi connectivity index (χ1v) is 8.64. The van der Waals surface area contributed by atoms with E-state index in [-0.39, 0.29) is 17.6 Å². The molecule has 1 aromatic carbocycles. The molecule has 0 saturated heterocycles. The Morgan fingerprint density at radius 2 is 1.96 bits per heavy atom. The molecule has 1 aliphatic heterocycles. The highest BCUT2D eigenvalue weighted by molar-refractivity contribution is 5.99. The highest BCUT2D eigenvalue weighted by Gasteiger charge is 2.27. The van der Waals surface area contributed by atoms with Crippen LogP contribution in [-0.2, 0) is 6.54 Å². The Morgan fingerprint density at radius 3 is 2.64 bits per heavy atom. The second-order valence-corrected chi connectivity index (χ2v) is 6.59. The van der Waals surface area contributed by atoms with Crippen molar-refractivity contribution in [1.82, 2.24) is 14.9 Å². The number of carbonyl (C=O) groups excluding carboxylic acids is 1. The summed E-state index contributed by atoms with van der Waals surface area (Å²) >= 11 is 0. The Morgan fingerprint density at radius 1 is 1.24 bits per heavy atom. The number of phenolic OH excluding ortho intramolecular Hbond substituents is 1. The highest BCUT2D eigenvalue weighted by atomic mass is 16.3. The third-order valence-corrected chi connectivity index (χ3v) is 4.73. The maximum absolute atomic E-state index is 13.0. The summed E-state index contributed by atoms with van der Waals surface area (Å²) < 4.78 is 0. The first kappa shape index (κ1) is 17.2. The van der Waals surface area contributed by atoms with Crippen molar-refractivity contribution in [1.29, 1.82) is 0 Å². The van der Waals surface area contributed by atoms with Gasteiger partial charge in [-0.15, -0.1) is 0 Å². The topological polar surface area (TPSA) is 69.6 Å². The SMILES string of the molecule is CCC(C)c1ncc2c(n1)N(C)CCN(Cc1ccc(O)cc1)C2=O. The van der Waals surface area contributed by atoms with Crippen LogP contribution in [0.25, 0.3) is 0 Å². The van der Waals surface area contributed by atoms with Crippen LogP contribution < -0.4 is 4.90 Å². The Bertz CT molecular complexity index is 761. The van der Waals surface area contributed by atoms with Crippen LogP contribution in [0.4, 0.5) is 5.82 Å². The lowest BCUT2D eigenvalue weighted by molar-refractivity contribution is 0.0754. The fourth-order valence-corrected chi connectivity index (χ4v) is 2.87. The smallest absolute Gasteiger partial charge is 0.259 e. The van der Waals surface area contributed by atoms with Gasteiger partial charge in [-0.25, -0.2) is 9.97 Å². The molecule has 0 fully saturated rings. The van der Waals surface area contributed by atoms with Crippen molar-refractivity contribution in [3.8, 4) is 5.75 Å². The van der Waals surface area contributed by atoms with Gasteiger partial charge >= 0.3 is 0 Å². The van der Waals surface area contributed by atoms with Crippen molar-refractivity contribution in [2.75, 3.05) is 25.0 Å². The molecule has 1 unspecified atom stereocenters. The fourth-order valence-electron chi connectivity index (χ4n) is 2.87. The van der Waals surface area contributed by atoms with E-state index in [2.05, 4.69) is 23.8 Å². The largest absolute Gasteiger partial charge is 0.508 e. The third kappa shape index (κ3) is 3.57. The average molecular weight is 340 g/mol. The predicted molar refractivity (Wildman–Crippen MR) is 96.9 cm³/mol. The number of nitrogens with zero attached hydrogens (tertiary/aromatic N) is 4. The minimum absolute atomic E-state index is 0.0527. The first-order chi connectivity index (χ1) is 12.0. The van der Waals surface area contributed by atoms with Gasteiger partial charge in [-0.2, -0.15) is 0 Å². The lowest BCUT2D eigenvalue weighted by Crippen LogP contribution is -2.33. The van der Waals surface area contributed by atoms with Gasteiger partial charge in [-0.05, 0) is 24.1 Å². The summed E-state index contributed by atoms with van der Waals surface area (Å²) in [5.41, 5.74) is 1.53. The molecule has 3 rings (SSSR count). The summed E-state index contributed by atoms with van der Waals surface area (Å²) in [4.78, 5) is 25.9. The number of phenols is 1. The van der Waals surface area contributed by atoms with E-state index in [4.69, 9.17) is 0 Å². The summed E-state index contributed by atoms with van der Waals surface area (Å²) in [5.74, 6) is 1.94.